The summed E-state index contributed by atoms with van der Waals surface area (Å²) in [5, 5.41) is 21.1. The van der Waals surface area contributed by atoms with Crippen molar-refractivity contribution in [2.75, 3.05) is 13.1 Å². The van der Waals surface area contributed by atoms with Crippen molar-refractivity contribution >= 4 is 16.7 Å². The average molecular weight is 415 g/mol. The van der Waals surface area contributed by atoms with Crippen LogP contribution in [-0.4, -0.2) is 46.3 Å². The molecule has 4 rings (SSSR count). The third-order valence-corrected chi connectivity index (χ3v) is 5.32. The summed E-state index contributed by atoms with van der Waals surface area (Å²) in [6.07, 6.45) is -5.73. The number of aliphatic hydroxyl groups is 2. The molecule has 1 aliphatic rings. The number of fused-ring (bicyclic) bond motifs is 1. The molecule has 4 nitrogen and oxygen atoms in total. The monoisotopic (exact) mass is 415 g/mol. The molecule has 1 heterocycles. The molecule has 0 aliphatic carbocycles. The van der Waals surface area contributed by atoms with Gasteiger partial charge in [-0.1, -0.05) is 36.4 Å². The Hall–Kier alpha value is -2.90. The molecule has 0 radical (unpaired) electrons. The molecular formula is C23H20F3NO3. The number of hydrogen-bond acceptors (Lipinski definition) is 3. The lowest BCUT2D eigenvalue weighted by atomic mass is 9.95. The summed E-state index contributed by atoms with van der Waals surface area (Å²) in [5.41, 5.74) is 0.759. The lowest BCUT2D eigenvalue weighted by Crippen LogP contribution is -2.48. The molecule has 0 aromatic heterocycles. The van der Waals surface area contributed by atoms with Crippen LogP contribution in [0.2, 0.25) is 0 Å². The van der Waals surface area contributed by atoms with Crippen LogP contribution < -0.4 is 0 Å². The molecule has 1 saturated heterocycles. The van der Waals surface area contributed by atoms with Crippen molar-refractivity contribution in [1.29, 1.82) is 0 Å². The molecule has 0 bridgehead atoms. The van der Waals surface area contributed by atoms with Gasteiger partial charge in [0.1, 0.15) is 0 Å². The summed E-state index contributed by atoms with van der Waals surface area (Å²) in [4.78, 5) is 14.2. The van der Waals surface area contributed by atoms with E-state index < -0.39 is 23.9 Å². The van der Waals surface area contributed by atoms with Crippen molar-refractivity contribution in [3.8, 4) is 11.1 Å². The van der Waals surface area contributed by atoms with Crippen LogP contribution in [-0.2, 0) is 6.18 Å². The molecule has 1 fully saturated rings. The first-order valence-corrected chi connectivity index (χ1v) is 9.58. The minimum absolute atomic E-state index is 0.151. The van der Waals surface area contributed by atoms with E-state index in [0.717, 1.165) is 17.5 Å². The van der Waals surface area contributed by atoms with Crippen molar-refractivity contribution < 1.29 is 28.2 Å². The van der Waals surface area contributed by atoms with E-state index in [-0.39, 0.29) is 25.4 Å². The number of β-amino-alcohol motifs (C(OH)–C–C–N with tert-alkyl or cyclic N) is 2. The maximum atomic E-state index is 13.1. The van der Waals surface area contributed by atoms with Gasteiger partial charge in [-0.05, 0) is 46.2 Å². The Bertz CT molecular complexity index is 1090. The van der Waals surface area contributed by atoms with E-state index >= 15 is 0 Å². The van der Waals surface area contributed by atoms with Gasteiger partial charge in [0.25, 0.3) is 5.91 Å². The lowest BCUT2D eigenvalue weighted by molar-refractivity contribution is -0.137. The Morgan fingerprint density at radius 1 is 0.933 bits per heavy atom. The van der Waals surface area contributed by atoms with E-state index in [9.17, 15) is 28.2 Å². The molecule has 7 heteroatoms. The fraction of sp³-hybridized carbons (Fsp3) is 0.261. The van der Waals surface area contributed by atoms with E-state index in [1.807, 2.05) is 0 Å². The first-order valence-electron chi connectivity index (χ1n) is 9.58. The van der Waals surface area contributed by atoms with Gasteiger partial charge in [0.05, 0.1) is 17.8 Å². The van der Waals surface area contributed by atoms with Crippen LogP contribution in [0.15, 0.2) is 60.7 Å². The smallest absolute Gasteiger partial charge is 0.391 e. The summed E-state index contributed by atoms with van der Waals surface area (Å²) in [7, 11) is 0. The zero-order valence-electron chi connectivity index (χ0n) is 15.9. The van der Waals surface area contributed by atoms with E-state index in [2.05, 4.69) is 0 Å². The Morgan fingerprint density at radius 3 is 2.33 bits per heavy atom. The summed E-state index contributed by atoms with van der Waals surface area (Å²) < 4.78 is 39.3. The van der Waals surface area contributed by atoms with Gasteiger partial charge < -0.3 is 15.1 Å². The maximum absolute atomic E-state index is 13.1. The molecule has 3 aromatic rings. The molecule has 2 N–H and O–H groups in total. The molecular weight excluding hydrogens is 395 g/mol. The van der Waals surface area contributed by atoms with Gasteiger partial charge in [-0.25, -0.2) is 0 Å². The molecule has 0 spiro atoms. The molecule has 0 saturated carbocycles. The van der Waals surface area contributed by atoms with Crippen molar-refractivity contribution in [2.45, 2.75) is 24.8 Å². The first kappa shape index (κ1) is 20.4. The van der Waals surface area contributed by atoms with Crippen molar-refractivity contribution in [2.24, 2.45) is 0 Å². The van der Waals surface area contributed by atoms with Gasteiger partial charge >= 0.3 is 6.18 Å². The fourth-order valence-corrected chi connectivity index (χ4v) is 3.93. The Morgan fingerprint density at radius 2 is 1.63 bits per heavy atom. The zero-order valence-corrected chi connectivity index (χ0v) is 15.9. The van der Waals surface area contributed by atoms with Gasteiger partial charge in [-0.3, -0.25) is 4.79 Å². The summed E-state index contributed by atoms with van der Waals surface area (Å²) >= 11 is 0. The number of aliphatic hydroxyl groups excluding tert-OH is 2. The van der Waals surface area contributed by atoms with Gasteiger partial charge in [0.2, 0.25) is 0 Å². The van der Waals surface area contributed by atoms with Crippen LogP contribution in [0.3, 0.4) is 0 Å². The van der Waals surface area contributed by atoms with E-state index in [1.165, 1.54) is 11.0 Å². The van der Waals surface area contributed by atoms with Crippen molar-refractivity contribution in [3.05, 3.63) is 71.8 Å². The SMILES string of the molecule is O=C(c1ccc2c(-c3cccc(C(F)(F)F)c3)cccc2c1)N1C[C@H](O)C[C@@H](O)C1. The lowest BCUT2D eigenvalue weighted by Gasteiger charge is -2.33. The quantitative estimate of drug-likeness (QED) is 0.663. The third-order valence-electron chi connectivity index (χ3n) is 5.32. The Kier molecular flexibility index (Phi) is 5.26. The third kappa shape index (κ3) is 4.04. The summed E-state index contributed by atoms with van der Waals surface area (Å²) in [6, 6.07) is 15.4. The number of carbonyl (C=O) groups excluding carboxylic acids is 1. The van der Waals surface area contributed by atoms with Crippen LogP contribution in [0.5, 0.6) is 0 Å². The highest BCUT2D eigenvalue weighted by molar-refractivity contribution is 6.02. The van der Waals surface area contributed by atoms with Gasteiger partial charge in [-0.15, -0.1) is 0 Å². The van der Waals surface area contributed by atoms with Crippen LogP contribution in [0.25, 0.3) is 21.9 Å². The number of piperidine rings is 1. The normalized spacial score (nSPS) is 19.8. The van der Waals surface area contributed by atoms with E-state index in [1.54, 1.807) is 42.5 Å². The topological polar surface area (TPSA) is 60.8 Å². The van der Waals surface area contributed by atoms with Crippen LogP contribution >= 0.6 is 0 Å². The number of nitrogens with zero attached hydrogens (tertiary/aromatic N) is 1. The van der Waals surface area contributed by atoms with Crippen LogP contribution in [0, 0.1) is 0 Å². The molecule has 2 atom stereocenters. The second-order valence-corrected chi connectivity index (χ2v) is 7.57. The minimum atomic E-state index is -4.43. The highest BCUT2D eigenvalue weighted by atomic mass is 19.4. The summed E-state index contributed by atoms with van der Waals surface area (Å²) in [5.74, 6) is -0.306. The molecule has 30 heavy (non-hydrogen) atoms. The number of benzene rings is 3. The molecule has 1 amide bonds. The number of rotatable bonds is 2. The van der Waals surface area contributed by atoms with Gasteiger partial charge in [-0.2, -0.15) is 13.2 Å². The van der Waals surface area contributed by atoms with E-state index in [4.69, 9.17) is 0 Å². The predicted octanol–water partition coefficient (Wildman–Crippen LogP) is 4.09. The number of amides is 1. The second-order valence-electron chi connectivity index (χ2n) is 7.57. The van der Waals surface area contributed by atoms with Gasteiger partial charge in [0.15, 0.2) is 0 Å². The number of alkyl halides is 3. The standard InChI is InChI=1S/C23H20F3NO3/c24-23(25,26)17-5-1-3-15(10-17)20-6-2-4-14-9-16(7-8-21(14)20)22(30)27-12-18(28)11-19(29)13-27/h1-10,18-19,28-29H,11-13H2/t18-,19-/m1/s1. The van der Waals surface area contributed by atoms with E-state index in [0.29, 0.717) is 22.1 Å². The molecule has 1 aliphatic heterocycles. The number of carbonyl (C=O) groups is 1. The predicted molar refractivity (Wildman–Crippen MR) is 107 cm³/mol. The highest BCUT2D eigenvalue weighted by Gasteiger charge is 2.31. The first-order chi connectivity index (χ1) is 14.2. The summed E-state index contributed by atoms with van der Waals surface area (Å²) in [6.45, 7) is 0.302. The van der Waals surface area contributed by atoms with Crippen molar-refractivity contribution in [1.82, 2.24) is 4.90 Å². The zero-order chi connectivity index (χ0) is 21.5. The number of likely N-dealkylation sites (tertiary alicyclic amines) is 1. The van der Waals surface area contributed by atoms with Crippen molar-refractivity contribution in [3.63, 3.8) is 0 Å². The molecule has 156 valence electrons. The largest absolute Gasteiger partial charge is 0.416 e. The fourth-order valence-electron chi connectivity index (χ4n) is 3.93. The minimum Gasteiger partial charge on any atom is -0.391 e. The molecule has 3 aromatic carbocycles. The van der Waals surface area contributed by atoms with Crippen LogP contribution in [0.1, 0.15) is 22.3 Å². The number of hydrogen-bond donors (Lipinski definition) is 2. The highest BCUT2D eigenvalue weighted by Crippen LogP contribution is 2.35. The number of halogens is 3. The Labute approximate surface area is 171 Å². The van der Waals surface area contributed by atoms with Gasteiger partial charge in [0, 0.05) is 25.1 Å². The second kappa shape index (κ2) is 7.74. The average Bonchev–Trinajstić information content (AvgIpc) is 2.71. The maximum Gasteiger partial charge on any atom is 0.416 e. The Balaban J connectivity index is 1.70. The van der Waals surface area contributed by atoms with Crippen LogP contribution in [0.4, 0.5) is 13.2 Å². The molecule has 0 unspecified atom stereocenters.